The van der Waals surface area contributed by atoms with Crippen molar-refractivity contribution in [2.75, 3.05) is 6.54 Å². The lowest BCUT2D eigenvalue weighted by molar-refractivity contribution is -0.147. The third-order valence-electron chi connectivity index (χ3n) is 8.02. The van der Waals surface area contributed by atoms with E-state index in [0.29, 0.717) is 13.1 Å². The summed E-state index contributed by atoms with van der Waals surface area (Å²) in [5.41, 5.74) is 6.16. The number of rotatable bonds is 7. The number of hydrogen-bond donors (Lipinski definition) is 1. The highest BCUT2D eigenvalue weighted by Crippen LogP contribution is 2.43. The van der Waals surface area contributed by atoms with Gasteiger partial charge in [0.25, 0.3) is 0 Å². The van der Waals surface area contributed by atoms with Crippen molar-refractivity contribution in [2.45, 2.75) is 66.2 Å². The number of pyridine rings is 2. The van der Waals surface area contributed by atoms with Crippen molar-refractivity contribution in [3.05, 3.63) is 76.4 Å². The summed E-state index contributed by atoms with van der Waals surface area (Å²) in [6, 6.07) is 9.92. The molecule has 9 heteroatoms. The van der Waals surface area contributed by atoms with Gasteiger partial charge < -0.3 is 9.84 Å². The van der Waals surface area contributed by atoms with Crippen LogP contribution in [-0.4, -0.2) is 53.6 Å². The Hall–Kier alpha value is -3.85. The topological polar surface area (TPSA) is 106 Å². The molecule has 9 nitrogen and oxygen atoms in total. The van der Waals surface area contributed by atoms with Crippen LogP contribution in [0, 0.1) is 19.3 Å². The van der Waals surface area contributed by atoms with E-state index in [-0.39, 0.29) is 6.10 Å². The molecule has 3 aromatic heterocycles. The maximum absolute atomic E-state index is 12.6. The SMILES string of the molecule is CCC1CN(Cc2nc(C(c3ccc4c(nnn4C)c3C)C(C)(C)C(=O)O)ccc2C)Cc2cnccc2O1. The fraction of sp³-hybridized carbons (Fsp3) is 0.433. The minimum absolute atomic E-state index is 0.0668. The van der Waals surface area contributed by atoms with Gasteiger partial charge in [-0.1, -0.05) is 24.3 Å². The highest BCUT2D eigenvalue weighted by Gasteiger charge is 2.41. The standard InChI is InChI=1S/C30H36N6O3/c1-7-21-16-36(15-20-14-31-13-12-26(20)39-21)17-24-18(2)8-10-23(32-24)27(30(4,5)29(37)38)22-9-11-25-28(19(22)3)33-34-35(25)6/h8-14,21,27H,7,15-17H2,1-6H3,(H,37,38). The Balaban J connectivity index is 1.56. The molecule has 5 rings (SSSR count). The summed E-state index contributed by atoms with van der Waals surface area (Å²) in [7, 11) is 1.85. The Bertz CT molecular complexity index is 1530. The number of hydrogen-bond acceptors (Lipinski definition) is 7. The van der Waals surface area contributed by atoms with E-state index in [0.717, 1.165) is 63.4 Å². The summed E-state index contributed by atoms with van der Waals surface area (Å²) >= 11 is 0. The molecule has 1 aliphatic heterocycles. The second-order valence-electron chi connectivity index (χ2n) is 11.1. The molecule has 4 heterocycles. The normalized spacial score (nSPS) is 16.9. The second-order valence-corrected chi connectivity index (χ2v) is 11.1. The van der Waals surface area contributed by atoms with Gasteiger partial charge in [-0.25, -0.2) is 4.68 Å². The molecule has 1 aliphatic rings. The van der Waals surface area contributed by atoms with Crippen LogP contribution < -0.4 is 4.74 Å². The molecule has 0 saturated heterocycles. The number of ether oxygens (including phenoxy) is 1. The largest absolute Gasteiger partial charge is 0.489 e. The van der Waals surface area contributed by atoms with Gasteiger partial charge >= 0.3 is 5.97 Å². The predicted molar refractivity (Wildman–Crippen MR) is 149 cm³/mol. The zero-order chi connectivity index (χ0) is 27.9. The predicted octanol–water partition coefficient (Wildman–Crippen LogP) is 4.79. The van der Waals surface area contributed by atoms with Gasteiger partial charge in [0.05, 0.1) is 16.6 Å². The third kappa shape index (κ3) is 4.98. The van der Waals surface area contributed by atoms with Crippen LogP contribution in [0.5, 0.6) is 5.75 Å². The van der Waals surface area contributed by atoms with Crippen molar-refractivity contribution in [2.24, 2.45) is 12.5 Å². The molecule has 1 aromatic carbocycles. The van der Waals surface area contributed by atoms with E-state index in [4.69, 9.17) is 9.72 Å². The number of fused-ring (bicyclic) bond motifs is 2. The van der Waals surface area contributed by atoms with Gasteiger partial charge in [-0.15, -0.1) is 5.10 Å². The zero-order valence-electron chi connectivity index (χ0n) is 23.5. The highest BCUT2D eigenvalue weighted by atomic mass is 16.5. The van der Waals surface area contributed by atoms with Crippen molar-refractivity contribution in [3.63, 3.8) is 0 Å². The first-order valence-electron chi connectivity index (χ1n) is 13.4. The Labute approximate surface area is 228 Å². The van der Waals surface area contributed by atoms with Crippen LogP contribution in [0.1, 0.15) is 66.8 Å². The number of nitrogens with zero attached hydrogens (tertiary/aromatic N) is 6. The second kappa shape index (κ2) is 10.4. The van der Waals surface area contributed by atoms with E-state index in [9.17, 15) is 9.90 Å². The van der Waals surface area contributed by atoms with Crippen molar-refractivity contribution in [1.82, 2.24) is 29.9 Å². The molecule has 204 valence electrons. The average Bonchev–Trinajstić information content (AvgIpc) is 3.18. The molecule has 0 spiro atoms. The number of aromatic nitrogens is 5. The first-order chi connectivity index (χ1) is 18.6. The van der Waals surface area contributed by atoms with E-state index >= 15 is 0 Å². The molecule has 0 amide bonds. The Kier molecular flexibility index (Phi) is 7.11. The molecule has 0 aliphatic carbocycles. The molecular formula is C30H36N6O3. The number of aliphatic carboxylic acids is 1. The Morgan fingerprint density at radius 3 is 2.74 bits per heavy atom. The third-order valence-corrected chi connectivity index (χ3v) is 8.02. The van der Waals surface area contributed by atoms with Crippen molar-refractivity contribution < 1.29 is 14.6 Å². The summed E-state index contributed by atoms with van der Waals surface area (Å²) in [4.78, 5) is 24.4. The monoisotopic (exact) mass is 528 g/mol. The quantitative estimate of drug-likeness (QED) is 0.365. The van der Waals surface area contributed by atoms with Crippen molar-refractivity contribution in [3.8, 4) is 5.75 Å². The van der Waals surface area contributed by atoms with Gasteiger partial charge in [-0.3, -0.25) is 19.7 Å². The highest BCUT2D eigenvalue weighted by molar-refractivity contribution is 5.81. The molecule has 1 N–H and O–H groups in total. The van der Waals surface area contributed by atoms with Crippen LogP contribution in [0.25, 0.3) is 11.0 Å². The molecule has 2 unspecified atom stereocenters. The van der Waals surface area contributed by atoms with Gasteiger partial charge in [0.15, 0.2) is 0 Å². The molecule has 2 atom stereocenters. The molecule has 0 fully saturated rings. The smallest absolute Gasteiger partial charge is 0.310 e. The number of benzene rings is 1. The average molecular weight is 529 g/mol. The van der Waals surface area contributed by atoms with Crippen LogP contribution >= 0.6 is 0 Å². The maximum atomic E-state index is 12.6. The minimum atomic E-state index is -1.12. The zero-order valence-corrected chi connectivity index (χ0v) is 23.5. The molecule has 0 bridgehead atoms. The fourth-order valence-corrected chi connectivity index (χ4v) is 5.51. The Morgan fingerprint density at radius 1 is 1.21 bits per heavy atom. The lowest BCUT2D eigenvalue weighted by atomic mass is 9.71. The van der Waals surface area contributed by atoms with Crippen LogP contribution in [0.4, 0.5) is 0 Å². The molecule has 4 aromatic rings. The lowest BCUT2D eigenvalue weighted by Gasteiger charge is -2.32. The summed E-state index contributed by atoms with van der Waals surface area (Å²) in [5, 5.41) is 18.8. The van der Waals surface area contributed by atoms with Gasteiger partial charge in [-0.2, -0.15) is 0 Å². The van der Waals surface area contributed by atoms with Crippen molar-refractivity contribution >= 4 is 17.0 Å². The summed E-state index contributed by atoms with van der Waals surface area (Å²) in [6.07, 6.45) is 4.59. The van der Waals surface area contributed by atoms with Crippen LogP contribution in [0.2, 0.25) is 0 Å². The fourth-order valence-electron chi connectivity index (χ4n) is 5.51. The van der Waals surface area contributed by atoms with E-state index in [1.165, 1.54) is 0 Å². The first kappa shape index (κ1) is 26.7. The number of carbonyl (C=O) groups is 1. The summed E-state index contributed by atoms with van der Waals surface area (Å²) in [5.74, 6) is -0.480. The maximum Gasteiger partial charge on any atom is 0.310 e. The summed E-state index contributed by atoms with van der Waals surface area (Å²) < 4.78 is 8.00. The molecule has 0 radical (unpaired) electrons. The Morgan fingerprint density at radius 2 is 2.00 bits per heavy atom. The van der Waals surface area contributed by atoms with Gasteiger partial charge in [-0.05, 0) is 69.0 Å². The molecular weight excluding hydrogens is 492 g/mol. The van der Waals surface area contributed by atoms with E-state index in [1.54, 1.807) is 24.7 Å². The van der Waals surface area contributed by atoms with E-state index in [1.807, 2.05) is 44.4 Å². The van der Waals surface area contributed by atoms with E-state index < -0.39 is 17.3 Å². The number of aryl methyl sites for hydroxylation is 3. The van der Waals surface area contributed by atoms with E-state index in [2.05, 4.69) is 40.1 Å². The molecule has 39 heavy (non-hydrogen) atoms. The molecule has 0 saturated carbocycles. The van der Waals surface area contributed by atoms with Gasteiger partial charge in [0, 0.05) is 56.3 Å². The minimum Gasteiger partial charge on any atom is -0.489 e. The first-order valence-corrected chi connectivity index (χ1v) is 13.4. The number of carboxylic acids is 1. The number of carboxylic acid groups (broad SMARTS) is 1. The van der Waals surface area contributed by atoms with Gasteiger partial charge in [0.2, 0.25) is 0 Å². The lowest BCUT2D eigenvalue weighted by Crippen LogP contribution is -2.34. The van der Waals surface area contributed by atoms with Crippen molar-refractivity contribution in [1.29, 1.82) is 0 Å². The van der Waals surface area contributed by atoms with Crippen LogP contribution in [-0.2, 0) is 24.9 Å². The van der Waals surface area contributed by atoms with Crippen LogP contribution in [0.15, 0.2) is 42.7 Å². The summed E-state index contributed by atoms with van der Waals surface area (Å²) in [6.45, 7) is 11.8. The van der Waals surface area contributed by atoms with Gasteiger partial charge in [0.1, 0.15) is 17.4 Å². The van der Waals surface area contributed by atoms with Crippen LogP contribution in [0.3, 0.4) is 0 Å².